The predicted molar refractivity (Wildman–Crippen MR) is 51.1 cm³/mol. The third-order valence-corrected chi connectivity index (χ3v) is 2.10. The minimum atomic E-state index is 0.778. The molecule has 0 N–H and O–H groups in total. The fraction of sp³-hybridized carbons (Fsp3) is 0.889. The van der Waals surface area contributed by atoms with E-state index in [0.29, 0.717) is 0 Å². The molecule has 0 unspecified atom stereocenters. The Morgan fingerprint density at radius 2 is 2.00 bits per heavy atom. The van der Waals surface area contributed by atoms with E-state index in [-0.39, 0.29) is 0 Å². The van der Waals surface area contributed by atoms with Gasteiger partial charge in [0, 0.05) is 0 Å². The van der Waals surface area contributed by atoms with Crippen LogP contribution in [0.25, 0.3) is 0 Å². The van der Waals surface area contributed by atoms with Gasteiger partial charge in [0.25, 0.3) is 0 Å². The molecule has 0 spiro atoms. The van der Waals surface area contributed by atoms with Crippen molar-refractivity contribution >= 4 is 13.0 Å². The summed E-state index contributed by atoms with van der Waals surface area (Å²) >= 11 is 0. The molecule has 0 bridgehead atoms. The molecule has 0 aromatic heterocycles. The minimum absolute atomic E-state index is 0.778. The van der Waals surface area contributed by atoms with Gasteiger partial charge in [0.15, 0.2) is 0 Å². The Morgan fingerprint density at radius 3 is 2.30 bits per heavy atom. The van der Waals surface area contributed by atoms with E-state index in [1.165, 1.54) is 31.1 Å². The quantitative estimate of drug-likeness (QED) is 0.511. The van der Waals surface area contributed by atoms with Crippen LogP contribution in [0.5, 0.6) is 0 Å². The van der Waals surface area contributed by atoms with Crippen LogP contribution in [0.4, 0.5) is 0 Å². The van der Waals surface area contributed by atoms with E-state index >= 15 is 0 Å². The van der Waals surface area contributed by atoms with Crippen LogP contribution in [0.15, 0.2) is 0 Å². The zero-order chi connectivity index (χ0) is 7.98. The fourth-order valence-corrected chi connectivity index (χ4v) is 1.25. The van der Waals surface area contributed by atoms with Gasteiger partial charge in [-0.05, 0) is 0 Å². The summed E-state index contributed by atoms with van der Waals surface area (Å²) in [6.45, 7) is 6.63. The van der Waals surface area contributed by atoms with E-state index in [1.54, 1.807) is 0 Å². The maximum atomic E-state index is 3.98. The normalized spacial score (nSPS) is 13.0. The van der Waals surface area contributed by atoms with Crippen molar-refractivity contribution < 1.29 is 0 Å². The van der Waals surface area contributed by atoms with Gasteiger partial charge >= 0.3 is 65.3 Å². The van der Waals surface area contributed by atoms with Gasteiger partial charge in [0.1, 0.15) is 0 Å². The summed E-state index contributed by atoms with van der Waals surface area (Å²) in [6.07, 6.45) is 5.26. The fourth-order valence-electron chi connectivity index (χ4n) is 1.25. The van der Waals surface area contributed by atoms with Crippen LogP contribution in [-0.2, 0) is 0 Å². The van der Waals surface area contributed by atoms with Crippen molar-refractivity contribution in [1.82, 2.24) is 0 Å². The van der Waals surface area contributed by atoms with E-state index in [2.05, 4.69) is 28.3 Å². The van der Waals surface area contributed by atoms with E-state index in [4.69, 9.17) is 0 Å². The van der Waals surface area contributed by atoms with Crippen molar-refractivity contribution in [2.75, 3.05) is 0 Å². The average Bonchev–Trinajstić information content (AvgIpc) is 1.89. The second-order valence-electron chi connectivity index (χ2n) is 3.09. The molecule has 0 radical (unpaired) electrons. The molecule has 1 atom stereocenters. The van der Waals surface area contributed by atoms with Gasteiger partial charge in [0.2, 0.25) is 0 Å². The van der Waals surface area contributed by atoms with Gasteiger partial charge in [-0.3, -0.25) is 0 Å². The summed E-state index contributed by atoms with van der Waals surface area (Å²) in [7, 11) is 3.98. The average molecular weight is 138 g/mol. The Balaban J connectivity index is 3.50. The third-order valence-electron chi connectivity index (χ3n) is 2.10. The van der Waals surface area contributed by atoms with E-state index < -0.39 is 0 Å². The van der Waals surface area contributed by atoms with Crippen LogP contribution < -0.4 is 0 Å². The molecule has 0 amide bonds. The summed E-state index contributed by atoms with van der Waals surface area (Å²) < 4.78 is 0. The first-order chi connectivity index (χ1) is 4.72. The summed E-state index contributed by atoms with van der Waals surface area (Å²) in [5, 5.41) is 0. The predicted octanol–water partition coefficient (Wildman–Crippen LogP) is 2.30. The van der Waals surface area contributed by atoms with Gasteiger partial charge < -0.3 is 0 Å². The monoisotopic (exact) mass is 138 g/mol. The molecule has 0 aliphatic heterocycles. The molecular weight excluding hydrogens is 119 g/mol. The number of unbranched alkanes of at least 4 members (excludes halogenated alkanes) is 1. The molecule has 0 fully saturated rings. The Labute approximate surface area is 66.1 Å². The van der Waals surface area contributed by atoms with Crippen LogP contribution in [-0.4, -0.2) is 13.0 Å². The Kier molecular flexibility index (Phi) is 5.66. The molecule has 0 aliphatic rings. The van der Waals surface area contributed by atoms with Crippen LogP contribution in [0.3, 0.4) is 0 Å². The summed E-state index contributed by atoms with van der Waals surface area (Å²) in [5.74, 6) is 0.778. The first-order valence-electron chi connectivity index (χ1n) is 4.37. The van der Waals surface area contributed by atoms with Crippen molar-refractivity contribution in [2.45, 2.75) is 46.5 Å². The molecule has 10 heavy (non-hydrogen) atoms. The van der Waals surface area contributed by atoms with Gasteiger partial charge in [-0.2, -0.15) is 0 Å². The van der Waals surface area contributed by atoms with Crippen molar-refractivity contribution in [1.29, 1.82) is 0 Å². The molecule has 0 aliphatic carbocycles. The van der Waals surface area contributed by atoms with Crippen molar-refractivity contribution in [3.63, 3.8) is 0 Å². The topological polar surface area (TPSA) is 0 Å². The molecule has 0 heterocycles. The van der Waals surface area contributed by atoms with Gasteiger partial charge in [-0.15, -0.1) is 0 Å². The van der Waals surface area contributed by atoms with Crippen LogP contribution in [0.2, 0.25) is 0 Å². The number of hydrogen-bond donors (Lipinski definition) is 0. The van der Waals surface area contributed by atoms with Crippen LogP contribution in [0, 0.1) is 5.92 Å². The molecule has 1 heteroatoms. The SMILES string of the molecule is B=C(C)[C@H](CC)CCCC. The maximum absolute atomic E-state index is 3.98. The molecule has 0 saturated heterocycles. The van der Waals surface area contributed by atoms with E-state index in [0.717, 1.165) is 5.92 Å². The van der Waals surface area contributed by atoms with Crippen LogP contribution >= 0.6 is 0 Å². The Bertz CT molecular complexity index is 96.9. The zero-order valence-electron chi connectivity index (χ0n) is 7.61. The zero-order valence-corrected chi connectivity index (χ0v) is 7.61. The van der Waals surface area contributed by atoms with Crippen molar-refractivity contribution in [3.8, 4) is 0 Å². The summed E-state index contributed by atoms with van der Waals surface area (Å²) in [4.78, 5) is 0. The second kappa shape index (κ2) is 5.70. The Morgan fingerprint density at radius 1 is 1.40 bits per heavy atom. The number of hydrogen-bond acceptors (Lipinski definition) is 0. The van der Waals surface area contributed by atoms with Gasteiger partial charge in [-0.25, -0.2) is 0 Å². The Hall–Kier alpha value is -0.0651. The molecule has 58 valence electrons. The van der Waals surface area contributed by atoms with E-state index in [1.807, 2.05) is 0 Å². The van der Waals surface area contributed by atoms with Gasteiger partial charge in [0.05, 0.1) is 0 Å². The summed E-state index contributed by atoms with van der Waals surface area (Å²) in [5.41, 5.74) is 1.36. The molecule has 0 saturated carbocycles. The molecule has 0 aromatic carbocycles. The third kappa shape index (κ3) is 3.87. The molecule has 0 nitrogen and oxygen atoms in total. The van der Waals surface area contributed by atoms with Crippen molar-refractivity contribution in [2.24, 2.45) is 5.92 Å². The van der Waals surface area contributed by atoms with Crippen LogP contribution in [0.1, 0.15) is 46.5 Å². The van der Waals surface area contributed by atoms with Crippen molar-refractivity contribution in [3.05, 3.63) is 0 Å². The second-order valence-corrected chi connectivity index (χ2v) is 3.09. The van der Waals surface area contributed by atoms with Gasteiger partial charge in [-0.1, -0.05) is 0 Å². The standard InChI is InChI=1S/C9H19B/c1-4-6-7-9(5-2)8(3)10/h9-10H,4-7H2,1-3H3/t9-/m1/s1. The molecule has 0 aromatic rings. The first-order valence-corrected chi connectivity index (χ1v) is 4.37. The molecular formula is C9H19B. The number of rotatable bonds is 5. The summed E-state index contributed by atoms with van der Waals surface area (Å²) in [6, 6.07) is 0. The van der Waals surface area contributed by atoms with E-state index in [9.17, 15) is 0 Å². The molecule has 0 rings (SSSR count). The first kappa shape index (κ1) is 9.93.